The fraction of sp³-hybridized carbons (Fsp3) is 0.381. The molecule has 3 aromatic rings. The fourth-order valence-electron chi connectivity index (χ4n) is 4.35. The summed E-state index contributed by atoms with van der Waals surface area (Å²) in [5.41, 5.74) is 0.860. The van der Waals surface area contributed by atoms with E-state index in [2.05, 4.69) is 15.4 Å². The van der Waals surface area contributed by atoms with Gasteiger partial charge in [-0.1, -0.05) is 0 Å². The van der Waals surface area contributed by atoms with E-state index in [1.165, 1.54) is 21.7 Å². The standard InChI is InChI=1S/C21H22F2N6O2.ClH/c22-13-3-4-16(23)15(10-13)17-2-1-8-28(17)19-6-5-18-24-11-20(29(18)26-19)25-21(31)27-9-7-14(30)12-27;/h3-6,10-11,14,17,30H,1-2,7-9,12H2,(H,25,31);1H/t14-,17-;/m1./s1. The zero-order valence-electron chi connectivity index (χ0n) is 17.1. The van der Waals surface area contributed by atoms with E-state index in [1.807, 2.05) is 4.90 Å². The van der Waals surface area contributed by atoms with Crippen LogP contribution in [0.1, 0.15) is 30.9 Å². The lowest BCUT2D eigenvalue weighted by molar-refractivity contribution is 0.176. The Morgan fingerprint density at radius 3 is 2.78 bits per heavy atom. The molecule has 0 bridgehead atoms. The van der Waals surface area contributed by atoms with Crippen molar-refractivity contribution < 1.29 is 18.7 Å². The first kappa shape index (κ1) is 22.2. The number of nitrogens with zero attached hydrogens (tertiary/aromatic N) is 5. The van der Waals surface area contributed by atoms with Crippen LogP contribution in [-0.4, -0.2) is 56.4 Å². The Hall–Kier alpha value is -2.98. The molecule has 0 saturated carbocycles. The minimum absolute atomic E-state index is 0. The van der Waals surface area contributed by atoms with Gasteiger partial charge in [-0.15, -0.1) is 17.5 Å². The molecule has 32 heavy (non-hydrogen) atoms. The van der Waals surface area contributed by atoms with Crippen molar-refractivity contribution in [2.45, 2.75) is 31.4 Å². The Labute approximate surface area is 189 Å². The number of aromatic nitrogens is 3. The number of carbonyl (C=O) groups excluding carboxylic acids is 1. The molecule has 2 atom stereocenters. The second-order valence-corrected chi connectivity index (χ2v) is 7.94. The number of aliphatic hydroxyl groups is 1. The van der Waals surface area contributed by atoms with Gasteiger partial charge in [0.1, 0.15) is 17.5 Å². The summed E-state index contributed by atoms with van der Waals surface area (Å²) < 4.78 is 29.7. The summed E-state index contributed by atoms with van der Waals surface area (Å²) in [6.45, 7) is 1.42. The Morgan fingerprint density at radius 2 is 2.00 bits per heavy atom. The molecule has 2 aliphatic heterocycles. The summed E-state index contributed by atoms with van der Waals surface area (Å²) in [5.74, 6) is 0.0701. The van der Waals surface area contributed by atoms with E-state index in [1.54, 1.807) is 12.1 Å². The summed E-state index contributed by atoms with van der Waals surface area (Å²) in [4.78, 5) is 20.3. The van der Waals surface area contributed by atoms with Gasteiger partial charge in [0.2, 0.25) is 0 Å². The van der Waals surface area contributed by atoms with Crippen LogP contribution in [0.5, 0.6) is 0 Å². The van der Waals surface area contributed by atoms with Crippen molar-refractivity contribution in [3.8, 4) is 0 Å². The van der Waals surface area contributed by atoms with Crippen LogP contribution in [0.25, 0.3) is 5.65 Å². The highest BCUT2D eigenvalue weighted by atomic mass is 35.5. The molecule has 2 saturated heterocycles. The maximum absolute atomic E-state index is 14.4. The number of likely N-dealkylation sites (tertiary alicyclic amines) is 1. The molecule has 0 aliphatic carbocycles. The highest BCUT2D eigenvalue weighted by molar-refractivity contribution is 5.89. The van der Waals surface area contributed by atoms with Crippen LogP contribution in [0.2, 0.25) is 0 Å². The first-order valence-corrected chi connectivity index (χ1v) is 10.3. The minimum Gasteiger partial charge on any atom is -0.391 e. The summed E-state index contributed by atoms with van der Waals surface area (Å²) in [6.07, 6.45) is 3.07. The quantitative estimate of drug-likeness (QED) is 0.620. The van der Waals surface area contributed by atoms with Crippen LogP contribution in [0.4, 0.5) is 25.2 Å². The number of halogens is 3. The molecule has 11 heteroatoms. The number of fused-ring (bicyclic) bond motifs is 1. The summed E-state index contributed by atoms with van der Waals surface area (Å²) in [5, 5.41) is 17.1. The second-order valence-electron chi connectivity index (χ2n) is 7.94. The van der Waals surface area contributed by atoms with Gasteiger partial charge in [0, 0.05) is 25.2 Å². The third-order valence-electron chi connectivity index (χ3n) is 5.90. The maximum Gasteiger partial charge on any atom is 0.323 e. The van der Waals surface area contributed by atoms with Gasteiger partial charge in [-0.3, -0.25) is 5.32 Å². The lowest BCUT2D eigenvalue weighted by Gasteiger charge is -2.26. The lowest BCUT2D eigenvalue weighted by atomic mass is 10.0. The van der Waals surface area contributed by atoms with Crippen LogP contribution in [0.15, 0.2) is 36.5 Å². The molecular weight excluding hydrogens is 442 g/mol. The molecule has 2 N–H and O–H groups in total. The summed E-state index contributed by atoms with van der Waals surface area (Å²) in [6, 6.07) is 6.41. The predicted molar refractivity (Wildman–Crippen MR) is 117 cm³/mol. The SMILES string of the molecule is Cl.O=C(Nc1cnc2ccc(N3CCC[C@@H]3c3cc(F)ccc3F)nn12)N1CC[C@@H](O)C1. The van der Waals surface area contributed by atoms with E-state index >= 15 is 0 Å². The number of anilines is 2. The number of aliphatic hydroxyl groups excluding tert-OH is 1. The third kappa shape index (κ3) is 4.07. The molecule has 1 aromatic carbocycles. The monoisotopic (exact) mass is 464 g/mol. The molecule has 170 valence electrons. The number of benzene rings is 1. The lowest BCUT2D eigenvalue weighted by Crippen LogP contribution is -2.34. The van der Waals surface area contributed by atoms with Gasteiger partial charge in [-0.2, -0.15) is 4.52 Å². The number of imidazole rings is 1. The van der Waals surface area contributed by atoms with Crippen molar-refractivity contribution in [3.63, 3.8) is 0 Å². The van der Waals surface area contributed by atoms with Gasteiger partial charge >= 0.3 is 6.03 Å². The van der Waals surface area contributed by atoms with Gasteiger partial charge in [0.25, 0.3) is 0 Å². The number of amides is 2. The predicted octanol–water partition coefficient (Wildman–Crippen LogP) is 3.37. The van der Waals surface area contributed by atoms with E-state index in [4.69, 9.17) is 0 Å². The smallest absolute Gasteiger partial charge is 0.323 e. The number of urea groups is 1. The molecular formula is C21H23ClF2N6O2. The van der Waals surface area contributed by atoms with E-state index in [9.17, 15) is 18.7 Å². The minimum atomic E-state index is -0.506. The third-order valence-corrected chi connectivity index (χ3v) is 5.90. The molecule has 0 spiro atoms. The van der Waals surface area contributed by atoms with Crippen LogP contribution >= 0.6 is 12.4 Å². The molecule has 2 fully saturated rings. The van der Waals surface area contributed by atoms with E-state index in [0.29, 0.717) is 48.8 Å². The van der Waals surface area contributed by atoms with Crippen LogP contribution in [0.3, 0.4) is 0 Å². The normalized spacial score (nSPS) is 20.6. The maximum atomic E-state index is 14.4. The molecule has 0 unspecified atom stereocenters. The van der Waals surface area contributed by atoms with Crippen molar-refractivity contribution in [3.05, 3.63) is 53.7 Å². The van der Waals surface area contributed by atoms with Gasteiger partial charge in [0.15, 0.2) is 11.5 Å². The molecule has 2 aromatic heterocycles. The number of β-amino-alcohol motifs (C(OH)–C–C–N with tert-alkyl or cyclic N) is 1. The van der Waals surface area contributed by atoms with Crippen LogP contribution in [0, 0.1) is 11.6 Å². The highest BCUT2D eigenvalue weighted by Gasteiger charge is 2.30. The molecule has 4 heterocycles. The van der Waals surface area contributed by atoms with Gasteiger partial charge in [-0.05, 0) is 49.6 Å². The van der Waals surface area contributed by atoms with Crippen LogP contribution in [-0.2, 0) is 0 Å². The Bertz CT molecular complexity index is 1140. The van der Waals surface area contributed by atoms with Gasteiger partial charge < -0.3 is 14.9 Å². The Morgan fingerprint density at radius 1 is 1.16 bits per heavy atom. The van der Waals surface area contributed by atoms with Crippen molar-refractivity contribution in [2.75, 3.05) is 29.9 Å². The molecule has 5 rings (SSSR count). The Balaban J connectivity index is 0.00000245. The first-order chi connectivity index (χ1) is 15.0. The molecule has 8 nitrogen and oxygen atoms in total. The van der Waals surface area contributed by atoms with Crippen LogP contribution < -0.4 is 10.2 Å². The molecule has 2 aliphatic rings. The number of hydrogen-bond acceptors (Lipinski definition) is 5. The van der Waals surface area contributed by atoms with Crippen molar-refractivity contribution in [1.82, 2.24) is 19.5 Å². The molecule has 0 radical (unpaired) electrons. The average molecular weight is 465 g/mol. The van der Waals surface area contributed by atoms with Crippen molar-refractivity contribution in [2.24, 2.45) is 0 Å². The zero-order chi connectivity index (χ0) is 21.5. The zero-order valence-corrected chi connectivity index (χ0v) is 17.9. The van der Waals surface area contributed by atoms with Crippen molar-refractivity contribution >= 4 is 35.7 Å². The Kier molecular flexibility index (Phi) is 6.16. The number of hydrogen-bond donors (Lipinski definition) is 2. The first-order valence-electron chi connectivity index (χ1n) is 10.3. The van der Waals surface area contributed by atoms with Gasteiger partial charge in [0.05, 0.1) is 18.3 Å². The fourth-order valence-corrected chi connectivity index (χ4v) is 4.35. The van der Waals surface area contributed by atoms with Crippen molar-refractivity contribution in [1.29, 1.82) is 0 Å². The molecule has 2 amide bonds. The average Bonchev–Trinajstić information content (AvgIpc) is 3.49. The largest absolute Gasteiger partial charge is 0.391 e. The number of nitrogens with one attached hydrogen (secondary N) is 1. The van der Waals surface area contributed by atoms with E-state index in [-0.39, 0.29) is 31.0 Å². The summed E-state index contributed by atoms with van der Waals surface area (Å²) in [7, 11) is 0. The van der Waals surface area contributed by atoms with E-state index < -0.39 is 17.7 Å². The van der Waals surface area contributed by atoms with Gasteiger partial charge in [-0.25, -0.2) is 18.6 Å². The number of rotatable bonds is 3. The topological polar surface area (TPSA) is 86.0 Å². The van der Waals surface area contributed by atoms with E-state index in [0.717, 1.165) is 18.6 Å². The highest BCUT2D eigenvalue weighted by Crippen LogP contribution is 2.36. The second kappa shape index (κ2) is 8.87. The number of carbonyl (C=O) groups is 1. The summed E-state index contributed by atoms with van der Waals surface area (Å²) >= 11 is 0.